The van der Waals surface area contributed by atoms with Crippen molar-refractivity contribution in [2.45, 2.75) is 13.0 Å². The number of nitrogens with zero attached hydrogens (tertiary/aromatic N) is 1. The molecule has 0 aliphatic carbocycles. The van der Waals surface area contributed by atoms with E-state index in [9.17, 15) is 9.70 Å². The highest BCUT2D eigenvalue weighted by atomic mass is 16.5. The first-order valence-corrected chi connectivity index (χ1v) is 4.45. The lowest BCUT2D eigenvalue weighted by atomic mass is 10.2. The molecule has 5 heteroatoms. The first-order valence-electron chi connectivity index (χ1n) is 4.45. The van der Waals surface area contributed by atoms with Crippen molar-refractivity contribution >= 4 is 17.3 Å². The highest BCUT2D eigenvalue weighted by Crippen LogP contribution is 2.16. The third kappa shape index (κ3) is 3.05. The molecule has 0 bridgehead atoms. The van der Waals surface area contributed by atoms with Crippen LogP contribution in [0.15, 0.2) is 29.4 Å². The summed E-state index contributed by atoms with van der Waals surface area (Å²) in [5.41, 5.74) is 1.09. The quantitative estimate of drug-likeness (QED) is 0.607. The van der Waals surface area contributed by atoms with Gasteiger partial charge in [0.1, 0.15) is 11.7 Å². The second-order valence-electron chi connectivity index (χ2n) is 3.03. The van der Waals surface area contributed by atoms with Crippen LogP contribution in [0.3, 0.4) is 0 Å². The summed E-state index contributed by atoms with van der Waals surface area (Å²) < 4.78 is 4.56. The van der Waals surface area contributed by atoms with Gasteiger partial charge in [0.05, 0.1) is 7.11 Å². The fourth-order valence-electron chi connectivity index (χ4n) is 1.10. The largest absolute Gasteiger partial charge is 0.467 e. The molecule has 15 heavy (non-hydrogen) atoms. The first-order chi connectivity index (χ1) is 7.17. The van der Waals surface area contributed by atoms with Gasteiger partial charge in [0.15, 0.2) is 0 Å². The van der Waals surface area contributed by atoms with E-state index in [0.29, 0.717) is 5.69 Å². The van der Waals surface area contributed by atoms with Crippen LogP contribution in [-0.4, -0.2) is 19.1 Å². The van der Waals surface area contributed by atoms with Crippen LogP contribution in [0.5, 0.6) is 0 Å². The van der Waals surface area contributed by atoms with Crippen LogP contribution in [0, 0.1) is 4.91 Å². The maximum absolute atomic E-state index is 11.1. The SMILES string of the molecule is COC(=O)[C@@H](C)Nc1ccc(N=O)cc1. The molecule has 0 saturated heterocycles. The summed E-state index contributed by atoms with van der Waals surface area (Å²) in [4.78, 5) is 21.2. The van der Waals surface area contributed by atoms with E-state index in [1.807, 2.05) is 0 Å². The topological polar surface area (TPSA) is 67.8 Å². The Labute approximate surface area is 87.4 Å². The summed E-state index contributed by atoms with van der Waals surface area (Å²) in [6.45, 7) is 1.69. The molecule has 0 aliphatic rings. The lowest BCUT2D eigenvalue weighted by Gasteiger charge is -2.12. The fraction of sp³-hybridized carbons (Fsp3) is 0.300. The maximum atomic E-state index is 11.1. The van der Waals surface area contributed by atoms with Gasteiger partial charge in [0.2, 0.25) is 0 Å². The highest BCUT2D eigenvalue weighted by Gasteiger charge is 2.11. The Hall–Kier alpha value is -1.91. The van der Waals surface area contributed by atoms with Crippen LogP contribution in [0.25, 0.3) is 0 Å². The number of methoxy groups -OCH3 is 1. The smallest absolute Gasteiger partial charge is 0.327 e. The molecule has 0 fully saturated rings. The molecule has 0 saturated carbocycles. The number of carbonyl (C=O) groups excluding carboxylic acids is 1. The molecule has 80 valence electrons. The number of hydrogen-bond acceptors (Lipinski definition) is 5. The Morgan fingerprint density at radius 2 is 2.00 bits per heavy atom. The van der Waals surface area contributed by atoms with Gasteiger partial charge in [-0.15, -0.1) is 4.91 Å². The normalized spacial score (nSPS) is 11.6. The summed E-state index contributed by atoms with van der Waals surface area (Å²) in [6, 6.07) is 6.07. The molecule has 1 aromatic rings. The van der Waals surface area contributed by atoms with Gasteiger partial charge >= 0.3 is 5.97 Å². The van der Waals surface area contributed by atoms with Gasteiger partial charge in [-0.25, -0.2) is 4.79 Å². The molecule has 0 aromatic heterocycles. The molecular formula is C10H12N2O3. The van der Waals surface area contributed by atoms with E-state index in [-0.39, 0.29) is 5.97 Å². The van der Waals surface area contributed by atoms with Crippen molar-refractivity contribution in [3.05, 3.63) is 29.2 Å². The van der Waals surface area contributed by atoms with Crippen molar-refractivity contribution in [1.82, 2.24) is 0 Å². The van der Waals surface area contributed by atoms with Crippen LogP contribution in [0.4, 0.5) is 11.4 Å². The number of carbonyl (C=O) groups is 1. The summed E-state index contributed by atoms with van der Waals surface area (Å²) in [5.74, 6) is -0.340. The summed E-state index contributed by atoms with van der Waals surface area (Å²) in [7, 11) is 1.33. The van der Waals surface area contributed by atoms with Crippen LogP contribution in [-0.2, 0) is 9.53 Å². The average Bonchev–Trinajstić information content (AvgIpc) is 2.29. The van der Waals surface area contributed by atoms with E-state index in [2.05, 4.69) is 15.2 Å². The van der Waals surface area contributed by atoms with Crippen molar-refractivity contribution in [2.24, 2.45) is 5.18 Å². The number of nitroso groups, excluding NO2 is 1. The van der Waals surface area contributed by atoms with Gasteiger partial charge in [0.25, 0.3) is 0 Å². The van der Waals surface area contributed by atoms with Crippen molar-refractivity contribution in [3.63, 3.8) is 0 Å². The molecule has 1 rings (SSSR count). The molecule has 1 aromatic carbocycles. The predicted octanol–water partition coefficient (Wildman–Crippen LogP) is 2.06. The first kappa shape index (κ1) is 11.2. The molecule has 0 heterocycles. The summed E-state index contributed by atoms with van der Waals surface area (Å²) >= 11 is 0. The van der Waals surface area contributed by atoms with Crippen molar-refractivity contribution < 1.29 is 9.53 Å². The molecule has 1 N–H and O–H groups in total. The molecule has 5 nitrogen and oxygen atoms in total. The van der Waals surface area contributed by atoms with E-state index < -0.39 is 6.04 Å². The van der Waals surface area contributed by atoms with Gasteiger partial charge in [-0.2, -0.15) is 0 Å². The molecule has 1 atom stereocenters. The number of hydrogen-bond donors (Lipinski definition) is 1. The van der Waals surface area contributed by atoms with Gasteiger partial charge in [0, 0.05) is 5.69 Å². The van der Waals surface area contributed by atoms with Crippen molar-refractivity contribution in [2.75, 3.05) is 12.4 Å². The maximum Gasteiger partial charge on any atom is 0.327 e. The van der Waals surface area contributed by atoms with E-state index in [1.54, 1.807) is 31.2 Å². The van der Waals surface area contributed by atoms with Crippen LogP contribution >= 0.6 is 0 Å². The van der Waals surface area contributed by atoms with Crippen LogP contribution in [0.1, 0.15) is 6.92 Å². The Morgan fingerprint density at radius 1 is 1.40 bits per heavy atom. The minimum Gasteiger partial charge on any atom is -0.467 e. The average molecular weight is 208 g/mol. The third-order valence-electron chi connectivity index (χ3n) is 1.91. The number of nitrogens with one attached hydrogen (secondary N) is 1. The lowest BCUT2D eigenvalue weighted by Crippen LogP contribution is -2.26. The number of rotatable bonds is 4. The molecule has 0 radical (unpaired) electrons. The Kier molecular flexibility index (Phi) is 3.79. The molecule has 0 spiro atoms. The number of anilines is 1. The van der Waals surface area contributed by atoms with Crippen molar-refractivity contribution in [1.29, 1.82) is 0 Å². The Balaban J connectivity index is 2.64. The second-order valence-corrected chi connectivity index (χ2v) is 3.03. The zero-order valence-corrected chi connectivity index (χ0v) is 8.56. The van der Waals surface area contributed by atoms with Gasteiger partial charge in [-0.1, -0.05) is 0 Å². The monoisotopic (exact) mass is 208 g/mol. The Bertz CT molecular complexity index is 348. The summed E-state index contributed by atoms with van der Waals surface area (Å²) in [5, 5.41) is 5.70. The van der Waals surface area contributed by atoms with E-state index >= 15 is 0 Å². The Morgan fingerprint density at radius 3 is 2.47 bits per heavy atom. The van der Waals surface area contributed by atoms with Crippen molar-refractivity contribution in [3.8, 4) is 0 Å². The molecule has 0 aliphatic heterocycles. The molecule has 0 unspecified atom stereocenters. The van der Waals surface area contributed by atoms with Gasteiger partial charge in [-0.05, 0) is 36.4 Å². The zero-order chi connectivity index (χ0) is 11.3. The van der Waals surface area contributed by atoms with Gasteiger partial charge in [-0.3, -0.25) is 0 Å². The predicted molar refractivity (Wildman–Crippen MR) is 57.0 cm³/mol. The van der Waals surface area contributed by atoms with E-state index in [0.717, 1.165) is 5.69 Å². The molecular weight excluding hydrogens is 196 g/mol. The van der Waals surface area contributed by atoms with Crippen LogP contribution in [0.2, 0.25) is 0 Å². The summed E-state index contributed by atoms with van der Waals surface area (Å²) in [6.07, 6.45) is 0. The number of benzene rings is 1. The standard InChI is InChI=1S/C10H12N2O3/c1-7(10(13)15-2)11-8-3-5-9(12-14)6-4-8/h3-7,11H,1-2H3/t7-/m1/s1. The third-order valence-corrected chi connectivity index (χ3v) is 1.91. The lowest BCUT2D eigenvalue weighted by molar-refractivity contribution is -0.141. The van der Waals surface area contributed by atoms with Crippen LogP contribution < -0.4 is 5.32 Å². The van der Waals surface area contributed by atoms with E-state index in [1.165, 1.54) is 7.11 Å². The minimum absolute atomic E-state index is 0.340. The number of esters is 1. The van der Waals surface area contributed by atoms with E-state index in [4.69, 9.17) is 0 Å². The minimum atomic E-state index is -0.426. The highest BCUT2D eigenvalue weighted by molar-refractivity contribution is 5.78. The molecule has 0 amide bonds. The fourth-order valence-corrected chi connectivity index (χ4v) is 1.10. The zero-order valence-electron chi connectivity index (χ0n) is 8.56. The number of ether oxygens (including phenoxy) is 1. The van der Waals surface area contributed by atoms with Gasteiger partial charge < -0.3 is 10.1 Å². The second kappa shape index (κ2) is 5.09.